The number of aromatic nitrogens is 2. The highest BCUT2D eigenvalue weighted by molar-refractivity contribution is 6.30. The number of methoxy groups -OCH3 is 1. The monoisotopic (exact) mass is 429 g/mol. The van der Waals surface area contributed by atoms with Crippen molar-refractivity contribution >= 4 is 34.7 Å². The molecule has 0 atom stereocenters. The highest BCUT2D eigenvalue weighted by Gasteiger charge is 2.19. The molecule has 0 spiro atoms. The van der Waals surface area contributed by atoms with E-state index in [0.717, 1.165) is 0 Å². The molecule has 0 aliphatic heterocycles. The van der Waals surface area contributed by atoms with E-state index in [1.54, 1.807) is 49.0 Å². The lowest BCUT2D eigenvalue weighted by atomic mass is 10.1. The third kappa shape index (κ3) is 4.94. The maximum atomic E-state index is 12.8. The van der Waals surface area contributed by atoms with Crippen LogP contribution in [0.3, 0.4) is 0 Å². The third-order valence-corrected chi connectivity index (χ3v) is 4.44. The van der Waals surface area contributed by atoms with Gasteiger partial charge in [0.15, 0.2) is 0 Å². The number of rotatable bonds is 8. The van der Waals surface area contributed by atoms with E-state index in [9.17, 15) is 14.9 Å². The summed E-state index contributed by atoms with van der Waals surface area (Å²) in [6.45, 7) is 2.59. The highest BCUT2D eigenvalue weighted by Crippen LogP contribution is 2.26. The summed E-state index contributed by atoms with van der Waals surface area (Å²) in [4.78, 5) is 23.7. The van der Waals surface area contributed by atoms with Gasteiger partial charge in [0.1, 0.15) is 11.5 Å². The molecule has 10 heteroatoms. The summed E-state index contributed by atoms with van der Waals surface area (Å²) in [5.41, 5.74) is 1.63. The molecule has 1 amide bonds. The number of aryl methyl sites for hydroxylation is 1. The van der Waals surface area contributed by atoms with Crippen LogP contribution in [0.2, 0.25) is 5.02 Å². The second kappa shape index (κ2) is 9.38. The maximum Gasteiger partial charge on any atom is 0.293 e. The minimum atomic E-state index is -0.535. The maximum absolute atomic E-state index is 12.8. The van der Waals surface area contributed by atoms with Crippen LogP contribution in [0.4, 0.5) is 17.2 Å². The summed E-state index contributed by atoms with van der Waals surface area (Å²) in [5.74, 6) is -0.0746. The SMILES string of the molecule is COCCNc1ccc(C(=O)Nc2cc(C)nn2-c2cccc(Cl)c2)cc1[N+](=O)[O-]. The van der Waals surface area contributed by atoms with Crippen molar-refractivity contribution in [3.8, 4) is 5.69 Å². The van der Waals surface area contributed by atoms with E-state index in [-0.39, 0.29) is 11.3 Å². The molecule has 2 aromatic carbocycles. The van der Waals surface area contributed by atoms with Crippen LogP contribution in [0.1, 0.15) is 16.1 Å². The molecule has 0 saturated carbocycles. The van der Waals surface area contributed by atoms with E-state index in [0.29, 0.717) is 41.1 Å². The van der Waals surface area contributed by atoms with Gasteiger partial charge in [0.05, 0.1) is 22.9 Å². The number of nitro groups is 1. The zero-order valence-corrected chi connectivity index (χ0v) is 17.1. The molecule has 1 aromatic heterocycles. The van der Waals surface area contributed by atoms with Gasteiger partial charge < -0.3 is 15.4 Å². The molecule has 3 rings (SSSR count). The number of nitrogens with zero attached hydrogens (tertiary/aromatic N) is 3. The number of hydrogen-bond donors (Lipinski definition) is 2. The van der Waals surface area contributed by atoms with Gasteiger partial charge in [0.25, 0.3) is 11.6 Å². The van der Waals surface area contributed by atoms with Crippen molar-refractivity contribution in [1.29, 1.82) is 0 Å². The summed E-state index contributed by atoms with van der Waals surface area (Å²) >= 11 is 6.06. The smallest absolute Gasteiger partial charge is 0.293 e. The van der Waals surface area contributed by atoms with Crippen LogP contribution >= 0.6 is 11.6 Å². The van der Waals surface area contributed by atoms with Crippen molar-refractivity contribution in [2.75, 3.05) is 30.9 Å². The number of halogens is 1. The number of ether oxygens (including phenoxy) is 1. The summed E-state index contributed by atoms with van der Waals surface area (Å²) in [7, 11) is 1.54. The van der Waals surface area contributed by atoms with Crippen molar-refractivity contribution < 1.29 is 14.5 Å². The molecule has 0 unspecified atom stereocenters. The predicted molar refractivity (Wildman–Crippen MR) is 115 cm³/mol. The van der Waals surface area contributed by atoms with Gasteiger partial charge in [0.2, 0.25) is 0 Å². The van der Waals surface area contributed by atoms with Gasteiger partial charge >= 0.3 is 0 Å². The lowest BCUT2D eigenvalue weighted by molar-refractivity contribution is -0.384. The van der Waals surface area contributed by atoms with Gasteiger partial charge in [-0.1, -0.05) is 17.7 Å². The first kappa shape index (κ1) is 21.3. The lowest BCUT2D eigenvalue weighted by Gasteiger charge is -2.11. The molecule has 9 nitrogen and oxygen atoms in total. The predicted octanol–water partition coefficient (Wildman–Crippen LogP) is 4.05. The second-order valence-electron chi connectivity index (χ2n) is 6.43. The van der Waals surface area contributed by atoms with Crippen LogP contribution in [0.25, 0.3) is 5.69 Å². The minimum absolute atomic E-state index is 0.149. The molecule has 2 N–H and O–H groups in total. The van der Waals surface area contributed by atoms with Gasteiger partial charge in [-0.25, -0.2) is 4.68 Å². The normalized spacial score (nSPS) is 10.6. The number of amides is 1. The second-order valence-corrected chi connectivity index (χ2v) is 6.86. The van der Waals surface area contributed by atoms with Crippen LogP contribution in [-0.2, 0) is 4.74 Å². The number of benzene rings is 2. The van der Waals surface area contributed by atoms with Crippen molar-refractivity contribution in [2.45, 2.75) is 6.92 Å². The standard InChI is InChI=1S/C20H20ClN5O4/c1-13-10-19(25(24-13)16-5-3-4-15(21)12-16)23-20(27)14-6-7-17(22-8-9-30-2)18(11-14)26(28)29/h3-7,10-12,22H,8-9H2,1-2H3,(H,23,27). The molecular weight excluding hydrogens is 410 g/mol. The number of carbonyl (C=O) groups excluding carboxylic acids is 1. The van der Waals surface area contributed by atoms with Gasteiger partial charge in [0, 0.05) is 36.4 Å². The van der Waals surface area contributed by atoms with E-state index >= 15 is 0 Å². The Hall–Kier alpha value is -3.43. The summed E-state index contributed by atoms with van der Waals surface area (Å²) < 4.78 is 6.49. The molecule has 3 aromatic rings. The molecule has 30 heavy (non-hydrogen) atoms. The number of hydrogen-bond acceptors (Lipinski definition) is 6. The zero-order chi connectivity index (χ0) is 21.7. The van der Waals surface area contributed by atoms with Crippen molar-refractivity contribution in [1.82, 2.24) is 9.78 Å². The Kier molecular flexibility index (Phi) is 6.65. The molecule has 1 heterocycles. The lowest BCUT2D eigenvalue weighted by Crippen LogP contribution is -2.16. The summed E-state index contributed by atoms with van der Waals surface area (Å²) in [5, 5.41) is 22.0. The van der Waals surface area contributed by atoms with Gasteiger partial charge in [-0.3, -0.25) is 14.9 Å². The van der Waals surface area contributed by atoms with E-state index in [2.05, 4.69) is 15.7 Å². The Morgan fingerprint density at radius 3 is 2.77 bits per heavy atom. The first-order valence-electron chi connectivity index (χ1n) is 9.04. The molecule has 0 aliphatic rings. The van der Waals surface area contributed by atoms with Crippen LogP contribution in [0, 0.1) is 17.0 Å². The first-order chi connectivity index (χ1) is 14.4. The van der Waals surface area contributed by atoms with Crippen LogP contribution in [-0.4, -0.2) is 40.9 Å². The number of carbonyl (C=O) groups is 1. The molecule has 0 saturated heterocycles. The van der Waals surface area contributed by atoms with Crippen LogP contribution in [0.5, 0.6) is 0 Å². The fraction of sp³-hybridized carbons (Fsp3) is 0.200. The average Bonchev–Trinajstić information content (AvgIpc) is 3.08. The molecule has 156 valence electrons. The fourth-order valence-electron chi connectivity index (χ4n) is 2.84. The van der Waals surface area contributed by atoms with Crippen molar-refractivity contribution in [3.63, 3.8) is 0 Å². The number of anilines is 2. The fourth-order valence-corrected chi connectivity index (χ4v) is 3.03. The molecule has 0 aliphatic carbocycles. The summed E-state index contributed by atoms with van der Waals surface area (Å²) in [6, 6.07) is 13.0. The van der Waals surface area contributed by atoms with Crippen molar-refractivity contribution in [3.05, 3.63) is 74.9 Å². The Morgan fingerprint density at radius 2 is 2.07 bits per heavy atom. The third-order valence-electron chi connectivity index (χ3n) is 4.20. The molecule has 0 radical (unpaired) electrons. The number of nitro benzene ring substituents is 1. The largest absolute Gasteiger partial charge is 0.383 e. The topological polar surface area (TPSA) is 111 Å². The van der Waals surface area contributed by atoms with Gasteiger partial charge in [-0.15, -0.1) is 0 Å². The molecule has 0 fully saturated rings. The Morgan fingerprint density at radius 1 is 1.27 bits per heavy atom. The van der Waals surface area contributed by atoms with E-state index in [1.807, 2.05) is 0 Å². The molecule has 0 bridgehead atoms. The van der Waals surface area contributed by atoms with Crippen LogP contribution in [0.15, 0.2) is 48.5 Å². The zero-order valence-electron chi connectivity index (χ0n) is 16.4. The Bertz CT molecular complexity index is 1080. The number of nitrogens with one attached hydrogen (secondary N) is 2. The van der Waals surface area contributed by atoms with E-state index in [1.165, 1.54) is 18.2 Å². The summed E-state index contributed by atoms with van der Waals surface area (Å²) in [6.07, 6.45) is 0. The van der Waals surface area contributed by atoms with E-state index in [4.69, 9.17) is 16.3 Å². The Balaban J connectivity index is 1.86. The average molecular weight is 430 g/mol. The Labute approximate surface area is 177 Å². The highest BCUT2D eigenvalue weighted by atomic mass is 35.5. The first-order valence-corrected chi connectivity index (χ1v) is 9.42. The van der Waals surface area contributed by atoms with E-state index < -0.39 is 10.8 Å². The minimum Gasteiger partial charge on any atom is -0.383 e. The molecular formula is C20H20ClN5O4. The van der Waals surface area contributed by atoms with Gasteiger partial charge in [-0.05, 0) is 37.3 Å². The van der Waals surface area contributed by atoms with Crippen molar-refractivity contribution in [2.24, 2.45) is 0 Å². The quantitative estimate of drug-likeness (QED) is 0.317. The van der Waals surface area contributed by atoms with Crippen LogP contribution < -0.4 is 10.6 Å². The van der Waals surface area contributed by atoms with Gasteiger partial charge in [-0.2, -0.15) is 5.10 Å².